The van der Waals surface area contributed by atoms with Gasteiger partial charge in [-0.2, -0.15) is 0 Å². The summed E-state index contributed by atoms with van der Waals surface area (Å²) in [6, 6.07) is 10.8. The van der Waals surface area contributed by atoms with Crippen molar-refractivity contribution >= 4 is 31.6 Å². The van der Waals surface area contributed by atoms with Crippen molar-refractivity contribution in [1.82, 2.24) is 4.72 Å². The van der Waals surface area contributed by atoms with E-state index in [1.807, 2.05) is 18.2 Å². The standard InChI is InChI=1S/C15H15BrN2O4S/c1-10-14(18(19)20)8-5-9-15(10)23(21,22)17-11(2)12-6-3-4-7-13(12)16/h3-9,11,17H,1-2H3/t11-/m1/s1. The average molecular weight is 399 g/mol. The second-order valence-electron chi connectivity index (χ2n) is 5.02. The molecule has 122 valence electrons. The Morgan fingerprint density at radius 3 is 2.43 bits per heavy atom. The first-order valence-corrected chi connectivity index (χ1v) is 9.02. The van der Waals surface area contributed by atoms with Crippen LogP contribution in [0.1, 0.15) is 24.1 Å². The molecule has 6 nitrogen and oxygen atoms in total. The highest BCUT2D eigenvalue weighted by Gasteiger charge is 2.25. The lowest BCUT2D eigenvalue weighted by molar-refractivity contribution is -0.385. The first-order valence-electron chi connectivity index (χ1n) is 6.75. The second kappa shape index (κ2) is 6.77. The Balaban J connectivity index is 2.39. The summed E-state index contributed by atoms with van der Waals surface area (Å²) < 4.78 is 28.5. The summed E-state index contributed by atoms with van der Waals surface area (Å²) in [7, 11) is -3.89. The molecule has 0 fully saturated rings. The third-order valence-electron chi connectivity index (χ3n) is 3.45. The molecule has 1 N–H and O–H groups in total. The molecule has 2 rings (SSSR count). The van der Waals surface area contributed by atoms with Crippen LogP contribution in [0.15, 0.2) is 51.8 Å². The molecule has 0 amide bonds. The minimum absolute atomic E-state index is 0.0920. The zero-order valence-corrected chi connectivity index (χ0v) is 14.9. The number of nitro benzene ring substituents is 1. The van der Waals surface area contributed by atoms with Crippen molar-refractivity contribution in [2.24, 2.45) is 0 Å². The summed E-state index contributed by atoms with van der Waals surface area (Å²) in [5, 5.41) is 11.0. The average Bonchev–Trinajstić information content (AvgIpc) is 2.46. The van der Waals surface area contributed by atoms with E-state index in [0.717, 1.165) is 10.0 Å². The van der Waals surface area contributed by atoms with Crippen LogP contribution in [0, 0.1) is 17.0 Å². The molecule has 0 aliphatic carbocycles. The molecule has 0 saturated carbocycles. The van der Waals surface area contributed by atoms with Crippen LogP contribution in [0.2, 0.25) is 0 Å². The molecule has 0 spiro atoms. The van der Waals surface area contributed by atoms with Crippen molar-refractivity contribution in [1.29, 1.82) is 0 Å². The highest BCUT2D eigenvalue weighted by molar-refractivity contribution is 9.10. The highest BCUT2D eigenvalue weighted by atomic mass is 79.9. The predicted molar refractivity (Wildman–Crippen MR) is 90.7 cm³/mol. The molecule has 0 saturated heterocycles. The van der Waals surface area contributed by atoms with Gasteiger partial charge in [-0.15, -0.1) is 0 Å². The number of hydrogen-bond donors (Lipinski definition) is 1. The van der Waals surface area contributed by atoms with E-state index in [-0.39, 0.29) is 16.1 Å². The largest absolute Gasteiger partial charge is 0.273 e. The molecule has 0 bridgehead atoms. The van der Waals surface area contributed by atoms with Gasteiger partial charge in [0.1, 0.15) is 0 Å². The van der Waals surface area contributed by atoms with Crippen molar-refractivity contribution in [3.05, 3.63) is 68.2 Å². The zero-order chi connectivity index (χ0) is 17.2. The summed E-state index contributed by atoms with van der Waals surface area (Å²) in [6.45, 7) is 3.14. The number of nitro groups is 1. The first-order chi connectivity index (χ1) is 10.7. The number of nitrogens with zero attached hydrogens (tertiary/aromatic N) is 1. The van der Waals surface area contributed by atoms with Gasteiger partial charge in [0, 0.05) is 22.1 Å². The van der Waals surface area contributed by atoms with Crippen molar-refractivity contribution in [2.45, 2.75) is 24.8 Å². The van der Waals surface area contributed by atoms with E-state index in [2.05, 4.69) is 20.7 Å². The lowest BCUT2D eigenvalue weighted by Gasteiger charge is -2.17. The van der Waals surface area contributed by atoms with Crippen LogP contribution in [0.5, 0.6) is 0 Å². The van der Waals surface area contributed by atoms with Gasteiger partial charge in [0.2, 0.25) is 10.0 Å². The van der Waals surface area contributed by atoms with Gasteiger partial charge in [-0.25, -0.2) is 13.1 Å². The molecular formula is C15H15BrN2O4S. The Hall–Kier alpha value is -1.77. The molecular weight excluding hydrogens is 384 g/mol. The molecule has 2 aromatic rings. The van der Waals surface area contributed by atoms with E-state index in [0.29, 0.717) is 0 Å². The Morgan fingerprint density at radius 2 is 1.83 bits per heavy atom. The molecule has 1 atom stereocenters. The fraction of sp³-hybridized carbons (Fsp3) is 0.200. The van der Waals surface area contributed by atoms with Gasteiger partial charge in [0.05, 0.1) is 9.82 Å². The van der Waals surface area contributed by atoms with Gasteiger partial charge in [-0.1, -0.05) is 40.2 Å². The minimum atomic E-state index is -3.89. The number of benzene rings is 2. The molecule has 0 radical (unpaired) electrons. The third kappa shape index (κ3) is 3.77. The summed E-state index contributed by atoms with van der Waals surface area (Å²) in [4.78, 5) is 10.3. The van der Waals surface area contributed by atoms with Gasteiger partial charge in [-0.3, -0.25) is 10.1 Å². The summed E-state index contributed by atoms with van der Waals surface area (Å²) in [5.74, 6) is 0. The van der Waals surface area contributed by atoms with E-state index in [4.69, 9.17) is 0 Å². The monoisotopic (exact) mass is 398 g/mol. The topological polar surface area (TPSA) is 89.3 Å². The number of rotatable bonds is 5. The Kier molecular flexibility index (Phi) is 5.18. The predicted octanol–water partition coefficient (Wildman–Crippen LogP) is 3.71. The Labute approximate surface area is 142 Å². The molecule has 0 heterocycles. The van der Waals surface area contributed by atoms with E-state index in [1.54, 1.807) is 13.0 Å². The number of sulfonamides is 1. The summed E-state index contributed by atoms with van der Waals surface area (Å²) >= 11 is 3.38. The molecule has 23 heavy (non-hydrogen) atoms. The van der Waals surface area contributed by atoms with Crippen LogP contribution < -0.4 is 4.72 Å². The van der Waals surface area contributed by atoms with Crippen LogP contribution in [-0.4, -0.2) is 13.3 Å². The Bertz CT molecular complexity index is 852. The molecule has 0 aliphatic rings. The van der Waals surface area contributed by atoms with E-state index < -0.39 is 21.0 Å². The van der Waals surface area contributed by atoms with Gasteiger partial charge in [-0.05, 0) is 31.5 Å². The minimum Gasteiger partial charge on any atom is -0.258 e. The number of halogens is 1. The smallest absolute Gasteiger partial charge is 0.258 e. The van der Waals surface area contributed by atoms with E-state index >= 15 is 0 Å². The van der Waals surface area contributed by atoms with Crippen molar-refractivity contribution < 1.29 is 13.3 Å². The van der Waals surface area contributed by atoms with Crippen molar-refractivity contribution in [3.8, 4) is 0 Å². The second-order valence-corrected chi connectivity index (χ2v) is 7.56. The lowest BCUT2D eigenvalue weighted by atomic mass is 10.1. The molecule has 2 aromatic carbocycles. The van der Waals surface area contributed by atoms with Crippen molar-refractivity contribution in [2.75, 3.05) is 0 Å². The normalized spacial score (nSPS) is 12.8. The van der Waals surface area contributed by atoms with Gasteiger partial charge in [0.15, 0.2) is 0 Å². The molecule has 8 heteroatoms. The summed E-state index contributed by atoms with van der Waals surface area (Å²) in [5.41, 5.74) is 0.671. The zero-order valence-electron chi connectivity index (χ0n) is 12.5. The fourth-order valence-electron chi connectivity index (χ4n) is 2.28. The molecule has 0 aromatic heterocycles. The van der Waals surface area contributed by atoms with Crippen LogP contribution in [0.3, 0.4) is 0 Å². The SMILES string of the molecule is Cc1c([N+](=O)[O-])cccc1S(=O)(=O)N[C@H](C)c1ccccc1Br. The van der Waals surface area contributed by atoms with Crippen molar-refractivity contribution in [3.63, 3.8) is 0 Å². The first kappa shape index (κ1) is 17.6. The van der Waals surface area contributed by atoms with Gasteiger partial charge in [0.25, 0.3) is 5.69 Å². The highest BCUT2D eigenvalue weighted by Crippen LogP contribution is 2.28. The molecule has 0 aliphatic heterocycles. The third-order valence-corrected chi connectivity index (χ3v) is 5.85. The van der Waals surface area contributed by atoms with Gasteiger partial charge < -0.3 is 0 Å². The fourth-order valence-corrected chi connectivity index (χ4v) is 4.39. The van der Waals surface area contributed by atoms with Crippen LogP contribution in [-0.2, 0) is 10.0 Å². The van der Waals surface area contributed by atoms with E-state index in [9.17, 15) is 18.5 Å². The van der Waals surface area contributed by atoms with Crippen LogP contribution in [0.4, 0.5) is 5.69 Å². The number of hydrogen-bond acceptors (Lipinski definition) is 4. The maximum atomic E-state index is 12.6. The quantitative estimate of drug-likeness (QED) is 0.613. The summed E-state index contributed by atoms with van der Waals surface area (Å²) in [6.07, 6.45) is 0. The Morgan fingerprint density at radius 1 is 1.17 bits per heavy atom. The molecule has 0 unspecified atom stereocenters. The van der Waals surface area contributed by atoms with E-state index in [1.165, 1.54) is 25.1 Å². The number of nitrogens with one attached hydrogen (secondary N) is 1. The van der Waals surface area contributed by atoms with Crippen LogP contribution in [0.25, 0.3) is 0 Å². The lowest BCUT2D eigenvalue weighted by Crippen LogP contribution is -2.27. The van der Waals surface area contributed by atoms with Crippen LogP contribution >= 0.6 is 15.9 Å². The maximum absolute atomic E-state index is 12.6. The van der Waals surface area contributed by atoms with Gasteiger partial charge >= 0.3 is 0 Å². The maximum Gasteiger partial charge on any atom is 0.273 e.